The van der Waals surface area contributed by atoms with Crippen molar-refractivity contribution in [2.75, 3.05) is 18.5 Å². The Morgan fingerprint density at radius 1 is 0.829 bits per heavy atom. The highest BCUT2D eigenvalue weighted by molar-refractivity contribution is 7.18. The number of hydrogen-bond donors (Lipinski definition) is 1. The third-order valence-electron chi connectivity index (χ3n) is 4.95. The van der Waals surface area contributed by atoms with Crippen LogP contribution in [-0.2, 0) is 14.3 Å². The molecule has 0 unspecified atom stereocenters. The molecule has 1 N–H and O–H groups in total. The van der Waals surface area contributed by atoms with Crippen molar-refractivity contribution >= 4 is 45.8 Å². The van der Waals surface area contributed by atoms with Gasteiger partial charge in [0.05, 0.1) is 22.6 Å². The van der Waals surface area contributed by atoms with E-state index in [4.69, 9.17) is 9.47 Å². The van der Waals surface area contributed by atoms with Crippen molar-refractivity contribution in [3.63, 3.8) is 0 Å². The van der Waals surface area contributed by atoms with Crippen molar-refractivity contribution in [2.24, 2.45) is 0 Å². The Morgan fingerprint density at radius 2 is 1.43 bits per heavy atom. The predicted molar refractivity (Wildman–Crippen MR) is 130 cm³/mol. The molecule has 2 aromatic carbocycles. The van der Waals surface area contributed by atoms with Crippen molar-refractivity contribution in [3.05, 3.63) is 87.3 Å². The van der Waals surface area contributed by atoms with E-state index in [0.29, 0.717) is 21.6 Å². The second-order valence-electron chi connectivity index (χ2n) is 7.43. The topological polar surface area (TPSA) is 116 Å². The Hall–Kier alpha value is -4.11. The molecule has 180 valence electrons. The number of ether oxygens (including phenoxy) is 2. The molecule has 0 aliphatic heterocycles. The zero-order chi connectivity index (χ0) is 25.5. The van der Waals surface area contributed by atoms with Crippen molar-refractivity contribution < 1.29 is 33.4 Å². The summed E-state index contributed by atoms with van der Waals surface area (Å²) in [6.07, 6.45) is 0. The summed E-state index contributed by atoms with van der Waals surface area (Å²) < 4.78 is 10.1. The van der Waals surface area contributed by atoms with Gasteiger partial charge in [0.25, 0.3) is 5.91 Å². The van der Waals surface area contributed by atoms with Gasteiger partial charge >= 0.3 is 11.9 Å². The number of anilines is 1. The van der Waals surface area contributed by atoms with E-state index in [2.05, 4.69) is 5.32 Å². The Balaban J connectivity index is 1.64. The van der Waals surface area contributed by atoms with Crippen LogP contribution >= 0.6 is 11.3 Å². The summed E-state index contributed by atoms with van der Waals surface area (Å²) in [6.45, 7) is 4.12. The third-order valence-corrected chi connectivity index (χ3v) is 6.26. The van der Waals surface area contributed by atoms with Crippen LogP contribution in [0.15, 0.2) is 54.6 Å². The van der Waals surface area contributed by atoms with E-state index in [1.54, 1.807) is 38.1 Å². The number of Topliss-reactive ketones (excluding diaryl/α,β-unsaturated/α-hetero) is 1. The molecule has 0 radical (unpaired) electrons. The first-order valence-corrected chi connectivity index (χ1v) is 11.5. The molecule has 1 heterocycles. The number of rotatable bonds is 9. The van der Waals surface area contributed by atoms with E-state index in [0.717, 1.165) is 11.3 Å². The van der Waals surface area contributed by atoms with Crippen LogP contribution in [0.25, 0.3) is 0 Å². The number of ketones is 2. The van der Waals surface area contributed by atoms with E-state index in [9.17, 15) is 24.0 Å². The Labute approximate surface area is 205 Å². The number of carbonyl (C=O) groups excluding carboxylic acids is 5. The van der Waals surface area contributed by atoms with Crippen LogP contribution in [0.3, 0.4) is 0 Å². The monoisotopic (exact) mass is 493 g/mol. The molecule has 35 heavy (non-hydrogen) atoms. The van der Waals surface area contributed by atoms with Crippen LogP contribution in [0.4, 0.5) is 5.00 Å². The minimum absolute atomic E-state index is 0.0976. The Kier molecular flexibility index (Phi) is 8.27. The summed E-state index contributed by atoms with van der Waals surface area (Å²) in [4.78, 5) is 61.8. The number of nitrogens with one attached hydrogen (secondary N) is 1. The summed E-state index contributed by atoms with van der Waals surface area (Å²) in [6, 6.07) is 14.6. The summed E-state index contributed by atoms with van der Waals surface area (Å²) in [5, 5.41) is 2.67. The Bertz CT molecular complexity index is 1280. The average Bonchev–Trinajstić information content (AvgIpc) is 3.18. The average molecular weight is 494 g/mol. The van der Waals surface area contributed by atoms with Gasteiger partial charge in [0.15, 0.2) is 18.2 Å². The fraction of sp³-hybridized carbons (Fsp3) is 0.192. The molecule has 8 nitrogen and oxygen atoms in total. The molecule has 3 rings (SSSR count). The summed E-state index contributed by atoms with van der Waals surface area (Å²) >= 11 is 0.955. The largest absolute Gasteiger partial charge is 0.462 e. The van der Waals surface area contributed by atoms with Gasteiger partial charge in [-0.2, -0.15) is 0 Å². The number of benzene rings is 2. The van der Waals surface area contributed by atoms with Gasteiger partial charge in [0.2, 0.25) is 0 Å². The second-order valence-corrected chi connectivity index (χ2v) is 8.45. The number of carbonyl (C=O) groups is 5. The first-order chi connectivity index (χ1) is 16.7. The fourth-order valence-corrected chi connectivity index (χ4v) is 4.38. The zero-order valence-corrected chi connectivity index (χ0v) is 20.2. The van der Waals surface area contributed by atoms with Crippen molar-refractivity contribution in [1.82, 2.24) is 0 Å². The van der Waals surface area contributed by atoms with Gasteiger partial charge in [-0.05, 0) is 38.5 Å². The van der Waals surface area contributed by atoms with Gasteiger partial charge in [-0.3, -0.25) is 14.4 Å². The molecule has 0 saturated heterocycles. The van der Waals surface area contributed by atoms with Crippen LogP contribution in [-0.4, -0.2) is 42.6 Å². The molecule has 1 amide bonds. The quantitative estimate of drug-likeness (QED) is 0.345. The van der Waals surface area contributed by atoms with E-state index in [1.165, 1.54) is 31.2 Å². The lowest BCUT2D eigenvalue weighted by molar-refractivity contribution is -0.119. The molecule has 9 heteroatoms. The lowest BCUT2D eigenvalue weighted by Crippen LogP contribution is -2.21. The van der Waals surface area contributed by atoms with Crippen LogP contribution in [0.1, 0.15) is 65.7 Å². The highest BCUT2D eigenvalue weighted by Crippen LogP contribution is 2.34. The number of hydrogen-bond acceptors (Lipinski definition) is 8. The number of esters is 2. The standard InChI is InChI=1S/C26H23NO7S/c1-4-33-26(32)21-15(2)23(16(3)28)35-24(21)27-20(29)14-34-25(31)19-12-10-18(11-13-19)22(30)17-8-6-5-7-9-17/h5-13H,4,14H2,1-3H3,(H,27,29). The highest BCUT2D eigenvalue weighted by Gasteiger charge is 2.25. The zero-order valence-electron chi connectivity index (χ0n) is 19.4. The fourth-order valence-electron chi connectivity index (χ4n) is 3.28. The van der Waals surface area contributed by atoms with Gasteiger partial charge in [-0.15, -0.1) is 11.3 Å². The number of amides is 1. The van der Waals surface area contributed by atoms with Gasteiger partial charge in [-0.25, -0.2) is 9.59 Å². The molecule has 0 bridgehead atoms. The molecule has 0 fully saturated rings. The predicted octanol–water partition coefficient (Wildman–Crippen LogP) is 4.46. The molecule has 0 aliphatic carbocycles. The lowest BCUT2D eigenvalue weighted by Gasteiger charge is -2.08. The maximum Gasteiger partial charge on any atom is 0.341 e. The second kappa shape index (κ2) is 11.3. The third kappa shape index (κ3) is 6.07. The van der Waals surface area contributed by atoms with E-state index in [1.807, 2.05) is 6.07 Å². The first-order valence-electron chi connectivity index (χ1n) is 10.7. The van der Waals surface area contributed by atoms with Crippen molar-refractivity contribution in [1.29, 1.82) is 0 Å². The summed E-state index contributed by atoms with van der Waals surface area (Å²) in [5.41, 5.74) is 1.61. The van der Waals surface area contributed by atoms with Gasteiger partial charge in [-0.1, -0.05) is 42.5 Å². The van der Waals surface area contributed by atoms with Gasteiger partial charge < -0.3 is 14.8 Å². The summed E-state index contributed by atoms with van der Waals surface area (Å²) in [7, 11) is 0. The van der Waals surface area contributed by atoms with Crippen LogP contribution in [0.2, 0.25) is 0 Å². The lowest BCUT2D eigenvalue weighted by atomic mass is 10.0. The maximum absolute atomic E-state index is 12.5. The Morgan fingerprint density at radius 3 is 2.03 bits per heavy atom. The SMILES string of the molecule is CCOC(=O)c1c(NC(=O)COC(=O)c2ccc(C(=O)c3ccccc3)cc2)sc(C(C)=O)c1C. The van der Waals surface area contributed by atoms with Crippen molar-refractivity contribution in [3.8, 4) is 0 Å². The molecule has 1 aromatic heterocycles. The molecule has 3 aromatic rings. The minimum atomic E-state index is -0.753. The van der Waals surface area contributed by atoms with Crippen molar-refractivity contribution in [2.45, 2.75) is 20.8 Å². The van der Waals surface area contributed by atoms with Crippen LogP contribution in [0.5, 0.6) is 0 Å². The van der Waals surface area contributed by atoms with Gasteiger partial charge in [0, 0.05) is 11.1 Å². The molecule has 0 atom stereocenters. The molecular formula is C26H23NO7S. The van der Waals surface area contributed by atoms with Crippen LogP contribution < -0.4 is 5.32 Å². The molecular weight excluding hydrogens is 470 g/mol. The highest BCUT2D eigenvalue weighted by atomic mass is 32.1. The number of thiophene rings is 1. The smallest absolute Gasteiger partial charge is 0.341 e. The van der Waals surface area contributed by atoms with Gasteiger partial charge in [0.1, 0.15) is 5.00 Å². The first kappa shape index (κ1) is 25.5. The minimum Gasteiger partial charge on any atom is -0.462 e. The molecule has 0 aliphatic rings. The summed E-state index contributed by atoms with van der Waals surface area (Å²) in [5.74, 6) is -2.53. The maximum atomic E-state index is 12.5. The van der Waals surface area contributed by atoms with E-state index < -0.39 is 24.5 Å². The normalized spacial score (nSPS) is 10.4. The van der Waals surface area contributed by atoms with E-state index in [-0.39, 0.29) is 34.3 Å². The molecule has 0 spiro atoms. The molecule has 0 saturated carbocycles. The van der Waals surface area contributed by atoms with E-state index >= 15 is 0 Å². The van der Waals surface area contributed by atoms with Crippen LogP contribution in [0, 0.1) is 6.92 Å².